The van der Waals surface area contributed by atoms with Gasteiger partial charge in [0.15, 0.2) is 0 Å². The maximum Gasteiger partial charge on any atom is 0.246 e. The summed E-state index contributed by atoms with van der Waals surface area (Å²) in [4.78, 5) is 31.5. The zero-order valence-electron chi connectivity index (χ0n) is 22.6. The second-order valence-corrected chi connectivity index (χ2v) is 10.6. The maximum atomic E-state index is 13.6. The average molecular weight is 506 g/mol. The van der Waals surface area contributed by atoms with Crippen LogP contribution in [0.1, 0.15) is 63.0 Å². The van der Waals surface area contributed by atoms with Gasteiger partial charge in [-0.25, -0.2) is 0 Å². The van der Waals surface area contributed by atoms with Crippen LogP contribution in [0.2, 0.25) is 0 Å². The Hall–Kier alpha value is -2.86. The van der Waals surface area contributed by atoms with Crippen molar-refractivity contribution in [2.24, 2.45) is 0 Å². The number of carbonyl (C=O) groups is 2. The van der Waals surface area contributed by atoms with Crippen LogP contribution in [0.3, 0.4) is 0 Å². The molecule has 0 unspecified atom stereocenters. The Balaban J connectivity index is 1.26. The minimum atomic E-state index is -0.699. The molecule has 2 heterocycles. The number of unbranched alkanes of at least 4 members (excludes halogenated alkanes) is 3. The number of piperazine rings is 1. The van der Waals surface area contributed by atoms with Gasteiger partial charge in [0.25, 0.3) is 0 Å². The number of nitrogens with one attached hydrogen (secondary N) is 1. The van der Waals surface area contributed by atoms with Gasteiger partial charge in [0.2, 0.25) is 11.8 Å². The zero-order chi connectivity index (χ0) is 26.1. The van der Waals surface area contributed by atoms with Gasteiger partial charge in [-0.15, -0.1) is 0 Å². The number of rotatable bonds is 12. The normalized spacial score (nSPS) is 19.7. The van der Waals surface area contributed by atoms with Crippen molar-refractivity contribution in [3.05, 3.63) is 65.7 Å². The zero-order valence-corrected chi connectivity index (χ0v) is 22.6. The molecule has 1 spiro atoms. The Morgan fingerprint density at radius 2 is 1.59 bits per heavy atom. The van der Waals surface area contributed by atoms with Crippen molar-refractivity contribution in [1.29, 1.82) is 0 Å². The van der Waals surface area contributed by atoms with Gasteiger partial charge in [-0.2, -0.15) is 0 Å². The molecule has 200 valence electrons. The summed E-state index contributed by atoms with van der Waals surface area (Å²) in [6, 6.07) is 17.9. The van der Waals surface area contributed by atoms with Gasteiger partial charge >= 0.3 is 0 Å². The van der Waals surface area contributed by atoms with Crippen molar-refractivity contribution in [3.8, 4) is 5.75 Å². The largest absolute Gasteiger partial charge is 0.497 e. The molecule has 0 aromatic heterocycles. The number of hydrogen-bond donors (Lipinski definition) is 1. The third-order valence-electron chi connectivity index (χ3n) is 8.07. The van der Waals surface area contributed by atoms with Gasteiger partial charge in [-0.3, -0.25) is 9.59 Å². The quantitative estimate of drug-likeness (QED) is 0.428. The third kappa shape index (κ3) is 6.72. The lowest BCUT2D eigenvalue weighted by Crippen LogP contribution is -2.73. The highest BCUT2D eigenvalue weighted by Gasteiger charge is 2.53. The van der Waals surface area contributed by atoms with Crippen molar-refractivity contribution in [3.63, 3.8) is 0 Å². The Labute approximate surface area is 222 Å². The molecule has 2 saturated heterocycles. The first-order chi connectivity index (χ1) is 18.1. The van der Waals surface area contributed by atoms with Crippen molar-refractivity contribution in [1.82, 2.24) is 15.1 Å². The van der Waals surface area contributed by atoms with Crippen molar-refractivity contribution < 1.29 is 14.3 Å². The molecule has 0 bridgehead atoms. The first-order valence-electron chi connectivity index (χ1n) is 14.1. The minimum absolute atomic E-state index is 0.0274. The Morgan fingerprint density at radius 1 is 0.892 bits per heavy atom. The number of hydrogen-bond acceptors (Lipinski definition) is 4. The van der Waals surface area contributed by atoms with E-state index in [0.717, 1.165) is 43.8 Å². The van der Waals surface area contributed by atoms with Crippen LogP contribution in [0, 0.1) is 0 Å². The van der Waals surface area contributed by atoms with E-state index >= 15 is 0 Å². The number of aryl methyl sites for hydroxylation is 1. The van der Waals surface area contributed by atoms with Gasteiger partial charge in [-0.1, -0.05) is 62.2 Å². The van der Waals surface area contributed by atoms with Crippen LogP contribution < -0.4 is 10.1 Å². The number of nitrogens with zero attached hydrogens (tertiary/aromatic N) is 2. The summed E-state index contributed by atoms with van der Waals surface area (Å²) < 4.78 is 5.24. The van der Waals surface area contributed by atoms with Gasteiger partial charge in [0.05, 0.1) is 7.11 Å². The Kier molecular flexibility index (Phi) is 9.62. The predicted octanol–water partition coefficient (Wildman–Crippen LogP) is 4.61. The average Bonchev–Trinajstić information content (AvgIpc) is 2.93. The molecular weight excluding hydrogens is 462 g/mol. The number of likely N-dealkylation sites (tertiary alicyclic amines) is 1. The fraction of sp³-hybridized carbons (Fsp3) is 0.548. The Bertz CT molecular complexity index is 1000. The molecule has 0 saturated carbocycles. The highest BCUT2D eigenvalue weighted by molar-refractivity contribution is 6.00. The van der Waals surface area contributed by atoms with Crippen LogP contribution >= 0.6 is 0 Å². The summed E-state index contributed by atoms with van der Waals surface area (Å²) >= 11 is 0. The summed E-state index contributed by atoms with van der Waals surface area (Å²) in [6.45, 7) is 5.53. The SMILES string of the molecule is CCCN1C(=O)[C@@H](Cc2ccc(OC)cc2)NC(=O)C12CCN(CCCCCCc1ccccc1)CC2. The molecule has 2 fully saturated rings. The summed E-state index contributed by atoms with van der Waals surface area (Å²) in [5.41, 5.74) is 1.74. The monoisotopic (exact) mass is 505 g/mol. The molecule has 6 nitrogen and oxygen atoms in total. The molecule has 0 radical (unpaired) electrons. The maximum absolute atomic E-state index is 13.6. The molecule has 2 aliphatic rings. The van der Waals surface area contributed by atoms with E-state index in [0.29, 0.717) is 25.8 Å². The van der Waals surface area contributed by atoms with E-state index < -0.39 is 11.6 Å². The summed E-state index contributed by atoms with van der Waals surface area (Å²) in [6.07, 6.45) is 8.86. The summed E-state index contributed by atoms with van der Waals surface area (Å²) in [5, 5.41) is 3.11. The number of benzene rings is 2. The number of ether oxygens (including phenoxy) is 1. The first-order valence-corrected chi connectivity index (χ1v) is 14.1. The molecule has 2 aromatic rings. The van der Waals surface area contributed by atoms with E-state index in [9.17, 15) is 9.59 Å². The molecule has 0 aliphatic carbocycles. The number of methoxy groups -OCH3 is 1. The topological polar surface area (TPSA) is 61.9 Å². The smallest absolute Gasteiger partial charge is 0.246 e. The van der Waals surface area contributed by atoms with Gasteiger partial charge in [0.1, 0.15) is 17.3 Å². The standard InChI is InChI=1S/C31H43N3O3/c1-3-20-34-29(35)28(24-26-14-16-27(37-2)17-15-26)32-30(36)31(34)18-22-33(23-19-31)21-10-5-4-7-11-25-12-8-6-9-13-25/h6,8-9,12-17,28H,3-5,7,10-11,18-24H2,1-2H3,(H,32,36)/t28-/m1/s1. The first kappa shape index (κ1) is 27.2. The second kappa shape index (κ2) is 13.1. The van der Waals surface area contributed by atoms with Gasteiger partial charge < -0.3 is 19.9 Å². The third-order valence-corrected chi connectivity index (χ3v) is 8.07. The fourth-order valence-corrected chi connectivity index (χ4v) is 5.87. The predicted molar refractivity (Wildman–Crippen MR) is 148 cm³/mol. The lowest BCUT2D eigenvalue weighted by molar-refractivity contribution is -0.161. The van der Waals surface area contributed by atoms with E-state index in [1.54, 1.807) is 7.11 Å². The van der Waals surface area contributed by atoms with Crippen LogP contribution in [0.4, 0.5) is 0 Å². The van der Waals surface area contributed by atoms with E-state index in [2.05, 4.69) is 47.5 Å². The van der Waals surface area contributed by atoms with Crippen LogP contribution in [0.5, 0.6) is 5.75 Å². The van der Waals surface area contributed by atoms with Crippen LogP contribution in [-0.4, -0.2) is 66.5 Å². The van der Waals surface area contributed by atoms with E-state index in [4.69, 9.17) is 4.74 Å². The lowest BCUT2D eigenvalue weighted by Gasteiger charge is -2.51. The molecule has 2 amide bonds. The van der Waals surface area contributed by atoms with Crippen LogP contribution in [-0.2, 0) is 22.4 Å². The Morgan fingerprint density at radius 3 is 2.27 bits per heavy atom. The second-order valence-electron chi connectivity index (χ2n) is 10.6. The molecule has 4 rings (SSSR count). The number of amides is 2. The number of piperidine rings is 1. The molecule has 1 atom stereocenters. The number of carbonyl (C=O) groups excluding carboxylic acids is 2. The molecule has 2 aromatic carbocycles. The van der Waals surface area contributed by atoms with Crippen LogP contribution in [0.15, 0.2) is 54.6 Å². The van der Waals surface area contributed by atoms with Gasteiger partial charge in [-0.05, 0) is 68.3 Å². The molecule has 6 heteroatoms. The molecule has 2 aliphatic heterocycles. The van der Waals surface area contributed by atoms with Crippen molar-refractivity contribution in [2.75, 3.05) is 33.3 Å². The minimum Gasteiger partial charge on any atom is -0.497 e. The highest BCUT2D eigenvalue weighted by atomic mass is 16.5. The fourth-order valence-electron chi connectivity index (χ4n) is 5.87. The van der Waals surface area contributed by atoms with Crippen molar-refractivity contribution in [2.45, 2.75) is 76.3 Å². The van der Waals surface area contributed by atoms with Crippen LogP contribution in [0.25, 0.3) is 0 Å². The summed E-state index contributed by atoms with van der Waals surface area (Å²) in [7, 11) is 1.64. The highest BCUT2D eigenvalue weighted by Crippen LogP contribution is 2.34. The van der Waals surface area contributed by atoms with E-state index in [1.165, 1.54) is 31.2 Å². The van der Waals surface area contributed by atoms with E-state index in [-0.39, 0.29) is 11.8 Å². The van der Waals surface area contributed by atoms with E-state index in [1.807, 2.05) is 29.2 Å². The molecular formula is C31H43N3O3. The van der Waals surface area contributed by atoms with Gasteiger partial charge in [0, 0.05) is 26.1 Å². The van der Waals surface area contributed by atoms with Crippen molar-refractivity contribution >= 4 is 11.8 Å². The summed E-state index contributed by atoms with van der Waals surface area (Å²) in [5.74, 6) is 0.872. The molecule has 1 N–H and O–H groups in total. The molecule has 37 heavy (non-hydrogen) atoms. The lowest BCUT2D eigenvalue weighted by atomic mass is 9.81.